The molecule has 0 aromatic carbocycles. The van der Waals surface area contributed by atoms with Crippen LogP contribution in [-0.4, -0.2) is 76.3 Å². The van der Waals surface area contributed by atoms with Crippen LogP contribution in [0, 0.1) is 0 Å². The Morgan fingerprint density at radius 3 is 2.75 bits per heavy atom. The van der Waals surface area contributed by atoms with Crippen molar-refractivity contribution in [3.63, 3.8) is 0 Å². The van der Waals surface area contributed by atoms with E-state index in [1.807, 2.05) is 0 Å². The van der Waals surface area contributed by atoms with Crippen molar-refractivity contribution in [2.24, 2.45) is 0 Å². The van der Waals surface area contributed by atoms with E-state index >= 15 is 0 Å². The fourth-order valence-electron chi connectivity index (χ4n) is 4.64. The third-order valence-corrected chi connectivity index (χ3v) is 6.83. The molecule has 4 heterocycles. The lowest BCUT2D eigenvalue weighted by Crippen LogP contribution is -2.35. The summed E-state index contributed by atoms with van der Waals surface area (Å²) < 4.78 is 19.5. The maximum absolute atomic E-state index is 13.4. The molecule has 2 amide bonds. The molecule has 1 aliphatic heterocycles. The second kappa shape index (κ2) is 10.9. The molecule has 40 heavy (non-hydrogen) atoms. The van der Waals surface area contributed by atoms with Crippen molar-refractivity contribution in [2.45, 2.75) is 63.8 Å². The quantitative estimate of drug-likeness (QED) is 0.452. The Hall–Kier alpha value is -3.97. The van der Waals surface area contributed by atoms with Crippen LogP contribution in [-0.2, 0) is 14.2 Å². The summed E-state index contributed by atoms with van der Waals surface area (Å²) in [5, 5.41) is 10.4. The lowest BCUT2D eigenvalue weighted by molar-refractivity contribution is 0.0580. The minimum absolute atomic E-state index is 0.0281. The summed E-state index contributed by atoms with van der Waals surface area (Å²) in [6, 6.07) is 4.87. The van der Waals surface area contributed by atoms with E-state index in [0.717, 1.165) is 19.3 Å². The van der Waals surface area contributed by atoms with Crippen molar-refractivity contribution in [2.75, 3.05) is 37.6 Å². The van der Waals surface area contributed by atoms with Gasteiger partial charge in [-0.25, -0.2) is 9.78 Å². The molecule has 13 heteroatoms. The van der Waals surface area contributed by atoms with Gasteiger partial charge >= 0.3 is 6.09 Å². The Kier molecular flexibility index (Phi) is 7.51. The highest BCUT2D eigenvalue weighted by molar-refractivity contribution is 6.01. The summed E-state index contributed by atoms with van der Waals surface area (Å²) in [6.45, 7) is 6.47. The van der Waals surface area contributed by atoms with Gasteiger partial charge in [0.25, 0.3) is 11.5 Å². The largest absolute Gasteiger partial charge is 0.443 e. The fraction of sp³-hybridized carbons (Fsp3) is 0.519. The Morgan fingerprint density at radius 1 is 1.27 bits per heavy atom. The van der Waals surface area contributed by atoms with Crippen LogP contribution in [0.4, 0.5) is 22.1 Å². The number of ether oxygens (including phenoxy) is 3. The first-order valence-corrected chi connectivity index (χ1v) is 13.3. The van der Waals surface area contributed by atoms with Gasteiger partial charge < -0.3 is 29.4 Å². The van der Waals surface area contributed by atoms with E-state index in [-0.39, 0.29) is 46.7 Å². The molecule has 2 N–H and O–H groups in total. The number of anilines is 3. The van der Waals surface area contributed by atoms with E-state index in [2.05, 4.69) is 20.7 Å². The maximum Gasteiger partial charge on any atom is 0.415 e. The second-order valence-corrected chi connectivity index (χ2v) is 11.1. The molecule has 2 fully saturated rings. The third-order valence-electron chi connectivity index (χ3n) is 6.83. The van der Waals surface area contributed by atoms with E-state index < -0.39 is 11.7 Å². The Bertz CT molecular complexity index is 1470. The number of nitrogens with zero attached hydrogens (tertiary/aromatic N) is 5. The number of aromatic nitrogens is 4. The number of carbonyl (C=O) groups excluding carboxylic acids is 2. The predicted octanol–water partition coefficient (Wildman–Crippen LogP) is 2.87. The summed E-state index contributed by atoms with van der Waals surface area (Å²) in [6.07, 6.45) is 4.95. The molecule has 3 atom stereocenters. The predicted molar refractivity (Wildman–Crippen MR) is 147 cm³/mol. The number of methoxy groups -OCH3 is 1. The summed E-state index contributed by atoms with van der Waals surface area (Å²) in [7, 11) is 3.14. The van der Waals surface area contributed by atoms with Crippen LogP contribution in [0.1, 0.15) is 56.4 Å². The zero-order valence-corrected chi connectivity index (χ0v) is 23.3. The molecule has 0 radical (unpaired) electrons. The van der Waals surface area contributed by atoms with Gasteiger partial charge in [0.05, 0.1) is 31.0 Å². The lowest BCUT2D eigenvalue weighted by atomic mass is 10.1. The van der Waals surface area contributed by atoms with Crippen molar-refractivity contribution >= 4 is 35.0 Å². The van der Waals surface area contributed by atoms with Gasteiger partial charge in [-0.2, -0.15) is 9.61 Å². The van der Waals surface area contributed by atoms with E-state index in [0.29, 0.717) is 24.7 Å². The minimum atomic E-state index is -0.728. The first-order chi connectivity index (χ1) is 19.1. The van der Waals surface area contributed by atoms with Crippen LogP contribution in [0.25, 0.3) is 5.65 Å². The number of pyridine rings is 1. The average molecular weight is 554 g/mol. The number of amides is 2. The van der Waals surface area contributed by atoms with Crippen LogP contribution >= 0.6 is 0 Å². The summed E-state index contributed by atoms with van der Waals surface area (Å²) in [5.41, 5.74) is -0.239. The van der Waals surface area contributed by atoms with Gasteiger partial charge in [-0.3, -0.25) is 14.5 Å². The molecule has 13 nitrogen and oxygen atoms in total. The summed E-state index contributed by atoms with van der Waals surface area (Å²) in [5.74, 6) is 0.178. The molecule has 1 saturated carbocycles. The molecule has 1 aliphatic carbocycles. The molecule has 214 valence electrons. The first-order valence-electron chi connectivity index (χ1n) is 13.3. The SMILES string of the molecule is CO[C@H]1CC1NC(=O)c1cnn2c(N(C)C(=O)OC(C)(C)C)cc(Nc3cccn([C@H]4CCCOC4)c3=O)nc12. The number of hydrogen-bond acceptors (Lipinski definition) is 9. The number of rotatable bonds is 7. The first kappa shape index (κ1) is 27.6. The topological polar surface area (TPSA) is 141 Å². The summed E-state index contributed by atoms with van der Waals surface area (Å²) in [4.78, 5) is 45.4. The summed E-state index contributed by atoms with van der Waals surface area (Å²) >= 11 is 0. The van der Waals surface area contributed by atoms with Crippen molar-refractivity contribution < 1.29 is 23.8 Å². The fourth-order valence-corrected chi connectivity index (χ4v) is 4.64. The Morgan fingerprint density at radius 2 is 2.08 bits per heavy atom. The maximum atomic E-state index is 13.4. The molecule has 0 bridgehead atoms. The highest BCUT2D eigenvalue weighted by Crippen LogP contribution is 2.27. The number of nitrogens with one attached hydrogen (secondary N) is 2. The number of carbonyl (C=O) groups is 2. The third kappa shape index (κ3) is 5.80. The van der Waals surface area contributed by atoms with E-state index in [1.165, 1.54) is 15.6 Å². The van der Waals surface area contributed by atoms with Crippen LogP contribution in [0.3, 0.4) is 0 Å². The number of hydrogen-bond donors (Lipinski definition) is 2. The number of fused-ring (bicyclic) bond motifs is 1. The standard InChI is InChI=1S/C27H35N7O6/c1-27(2,3)40-26(37)32(4)22-13-21(29-18-9-6-10-33(25(18)36)16-8-7-11-39-15-16)31-23-17(14-28-34(22)23)24(35)30-19-12-20(19)38-5/h6,9-10,13-14,16,19-20H,7-8,11-12,15H2,1-5H3,(H,29,31)(H,30,35)/t16-,19?,20-/m0/s1. The molecule has 3 aromatic heterocycles. The average Bonchev–Trinajstić information content (AvgIpc) is 3.53. The highest BCUT2D eigenvalue weighted by Gasteiger charge is 2.39. The minimum Gasteiger partial charge on any atom is -0.443 e. The van der Waals surface area contributed by atoms with E-state index in [4.69, 9.17) is 14.2 Å². The van der Waals surface area contributed by atoms with Gasteiger partial charge in [0.15, 0.2) is 5.65 Å². The second-order valence-electron chi connectivity index (χ2n) is 11.1. The van der Waals surface area contributed by atoms with Gasteiger partial charge in [0, 0.05) is 33.0 Å². The monoisotopic (exact) mass is 553 g/mol. The van der Waals surface area contributed by atoms with Crippen LogP contribution in [0.15, 0.2) is 35.4 Å². The van der Waals surface area contributed by atoms with Crippen molar-refractivity contribution in [1.82, 2.24) is 24.5 Å². The normalized spacial score (nSPS) is 20.7. The smallest absolute Gasteiger partial charge is 0.415 e. The molecule has 5 rings (SSSR count). The van der Waals surface area contributed by atoms with Gasteiger partial charge in [-0.15, -0.1) is 0 Å². The molecule has 2 aliphatic rings. The van der Waals surface area contributed by atoms with Crippen LogP contribution in [0.5, 0.6) is 0 Å². The molecule has 1 saturated heterocycles. The van der Waals surface area contributed by atoms with Crippen molar-refractivity contribution in [3.8, 4) is 0 Å². The van der Waals surface area contributed by atoms with E-state index in [1.54, 1.807) is 63.9 Å². The highest BCUT2D eigenvalue weighted by atomic mass is 16.6. The van der Waals surface area contributed by atoms with Gasteiger partial charge in [0.1, 0.15) is 28.5 Å². The molecule has 1 unspecified atom stereocenters. The van der Waals surface area contributed by atoms with Crippen LogP contribution < -0.4 is 21.1 Å². The molecular weight excluding hydrogens is 518 g/mol. The Labute approximate surface area is 231 Å². The Balaban J connectivity index is 1.53. The molecule has 0 spiro atoms. The van der Waals surface area contributed by atoms with Crippen molar-refractivity contribution in [1.29, 1.82) is 0 Å². The van der Waals surface area contributed by atoms with Crippen molar-refractivity contribution in [3.05, 3.63) is 46.5 Å². The zero-order valence-electron chi connectivity index (χ0n) is 23.3. The molecule has 3 aromatic rings. The van der Waals surface area contributed by atoms with E-state index in [9.17, 15) is 14.4 Å². The zero-order chi connectivity index (χ0) is 28.6. The van der Waals surface area contributed by atoms with Crippen LogP contribution in [0.2, 0.25) is 0 Å². The van der Waals surface area contributed by atoms with Gasteiger partial charge in [-0.1, -0.05) is 0 Å². The van der Waals surface area contributed by atoms with Gasteiger partial charge in [0.2, 0.25) is 0 Å². The van der Waals surface area contributed by atoms with Gasteiger partial charge in [-0.05, 0) is 52.2 Å². The molecular formula is C27H35N7O6. The lowest BCUT2D eigenvalue weighted by Gasteiger charge is -2.25.